The summed E-state index contributed by atoms with van der Waals surface area (Å²) in [6, 6.07) is 0.673. The molecule has 1 atom stereocenters. The highest BCUT2D eigenvalue weighted by atomic mass is 14.9. The van der Waals surface area contributed by atoms with Crippen LogP contribution in [0.1, 0.15) is 39.5 Å². The van der Waals surface area contributed by atoms with Crippen molar-refractivity contribution in [3.05, 3.63) is 12.2 Å². The molecule has 1 heteroatoms. The van der Waals surface area contributed by atoms with Crippen LogP contribution in [0.3, 0.4) is 0 Å². The zero-order valence-corrected chi connectivity index (χ0v) is 8.40. The topological polar surface area (TPSA) is 12.0 Å². The summed E-state index contributed by atoms with van der Waals surface area (Å²) in [4.78, 5) is 0. The molecule has 12 heavy (non-hydrogen) atoms. The molecule has 0 aromatic carbocycles. The van der Waals surface area contributed by atoms with Crippen molar-refractivity contribution in [2.24, 2.45) is 5.92 Å². The van der Waals surface area contributed by atoms with Crippen molar-refractivity contribution in [3.63, 3.8) is 0 Å². The van der Waals surface area contributed by atoms with E-state index in [0.29, 0.717) is 6.04 Å². The summed E-state index contributed by atoms with van der Waals surface area (Å²) in [5, 5.41) is 3.48. The first-order chi connectivity index (χ1) is 5.68. The van der Waals surface area contributed by atoms with Crippen molar-refractivity contribution in [2.75, 3.05) is 6.54 Å². The van der Waals surface area contributed by atoms with Gasteiger partial charge in [-0.2, -0.15) is 0 Å². The van der Waals surface area contributed by atoms with Crippen LogP contribution in [0.4, 0.5) is 0 Å². The van der Waals surface area contributed by atoms with Gasteiger partial charge < -0.3 is 5.32 Å². The number of rotatable bonds is 5. The summed E-state index contributed by atoms with van der Waals surface area (Å²) < 4.78 is 0. The normalized spacial score (nSPS) is 20.2. The molecule has 0 aromatic heterocycles. The van der Waals surface area contributed by atoms with Crippen molar-refractivity contribution in [2.45, 2.75) is 45.6 Å². The minimum Gasteiger partial charge on any atom is -0.311 e. The van der Waals surface area contributed by atoms with E-state index in [1.165, 1.54) is 31.3 Å². The Morgan fingerprint density at radius 3 is 2.67 bits per heavy atom. The highest BCUT2D eigenvalue weighted by Crippen LogP contribution is 2.30. The Bertz CT molecular complexity index is 147. The van der Waals surface area contributed by atoms with Gasteiger partial charge >= 0.3 is 0 Å². The largest absolute Gasteiger partial charge is 0.311 e. The van der Waals surface area contributed by atoms with E-state index in [-0.39, 0.29) is 0 Å². The Labute approximate surface area is 76.2 Å². The first kappa shape index (κ1) is 9.79. The maximum absolute atomic E-state index is 3.88. The second-order valence-electron chi connectivity index (χ2n) is 4.27. The van der Waals surface area contributed by atoms with Crippen molar-refractivity contribution in [1.29, 1.82) is 0 Å². The summed E-state index contributed by atoms with van der Waals surface area (Å²) in [7, 11) is 0. The van der Waals surface area contributed by atoms with Crippen molar-refractivity contribution in [1.82, 2.24) is 5.32 Å². The van der Waals surface area contributed by atoms with Crippen LogP contribution in [0.15, 0.2) is 12.2 Å². The molecular formula is C11H21N. The van der Waals surface area contributed by atoms with Gasteiger partial charge in [-0.1, -0.05) is 31.4 Å². The highest BCUT2D eigenvalue weighted by molar-refractivity contribution is 4.91. The molecule has 1 rings (SSSR count). The van der Waals surface area contributed by atoms with Gasteiger partial charge in [0.25, 0.3) is 0 Å². The average Bonchev–Trinajstić information content (AvgIpc) is 1.93. The van der Waals surface area contributed by atoms with E-state index in [4.69, 9.17) is 0 Å². The molecule has 1 fully saturated rings. The Morgan fingerprint density at radius 2 is 2.25 bits per heavy atom. The van der Waals surface area contributed by atoms with E-state index < -0.39 is 0 Å². The monoisotopic (exact) mass is 167 g/mol. The minimum absolute atomic E-state index is 0.673. The summed E-state index contributed by atoms with van der Waals surface area (Å²) in [6.45, 7) is 9.21. The van der Waals surface area contributed by atoms with Crippen molar-refractivity contribution in [3.8, 4) is 0 Å². The fourth-order valence-corrected chi connectivity index (χ4v) is 1.66. The third-order valence-corrected chi connectivity index (χ3v) is 2.66. The first-order valence-corrected chi connectivity index (χ1v) is 5.06. The van der Waals surface area contributed by atoms with E-state index in [1.54, 1.807) is 0 Å². The van der Waals surface area contributed by atoms with Gasteiger partial charge in [0.05, 0.1) is 0 Å². The molecule has 1 N–H and O–H groups in total. The van der Waals surface area contributed by atoms with Crippen LogP contribution in [0, 0.1) is 5.92 Å². The molecule has 0 heterocycles. The summed E-state index contributed by atoms with van der Waals surface area (Å²) >= 11 is 0. The quantitative estimate of drug-likeness (QED) is 0.621. The smallest absolute Gasteiger partial charge is 0.0161 e. The van der Waals surface area contributed by atoms with Gasteiger partial charge in [0.15, 0.2) is 0 Å². The molecule has 1 aliphatic carbocycles. The lowest BCUT2D eigenvalue weighted by Crippen LogP contribution is -2.31. The minimum atomic E-state index is 0.673. The fourth-order valence-electron chi connectivity index (χ4n) is 1.66. The van der Waals surface area contributed by atoms with Gasteiger partial charge in [-0.05, 0) is 26.2 Å². The van der Waals surface area contributed by atoms with Crippen LogP contribution in [0.2, 0.25) is 0 Å². The van der Waals surface area contributed by atoms with Gasteiger partial charge in [-0.15, -0.1) is 0 Å². The second kappa shape index (κ2) is 4.66. The summed E-state index contributed by atoms with van der Waals surface area (Å²) in [6.07, 6.45) is 5.73. The molecule has 1 nitrogen and oxygen atoms in total. The molecule has 1 unspecified atom stereocenters. The van der Waals surface area contributed by atoms with E-state index >= 15 is 0 Å². The SMILES string of the molecule is C=C(C)CNC(C)CC1CCC1. The number of nitrogens with one attached hydrogen (secondary N) is 1. The second-order valence-corrected chi connectivity index (χ2v) is 4.27. The van der Waals surface area contributed by atoms with E-state index in [1.807, 2.05) is 0 Å². The maximum Gasteiger partial charge on any atom is 0.0161 e. The molecule has 1 aliphatic rings. The molecule has 1 saturated carbocycles. The summed E-state index contributed by atoms with van der Waals surface area (Å²) in [5.41, 5.74) is 1.23. The Kier molecular flexibility index (Phi) is 3.80. The zero-order valence-electron chi connectivity index (χ0n) is 8.40. The number of hydrogen-bond donors (Lipinski definition) is 1. The van der Waals surface area contributed by atoms with Crippen molar-refractivity contribution >= 4 is 0 Å². The van der Waals surface area contributed by atoms with Crippen molar-refractivity contribution < 1.29 is 0 Å². The molecule has 0 amide bonds. The van der Waals surface area contributed by atoms with E-state index in [0.717, 1.165) is 12.5 Å². The predicted octanol–water partition coefficient (Wildman–Crippen LogP) is 2.73. The van der Waals surface area contributed by atoms with Crippen LogP contribution in [-0.2, 0) is 0 Å². The highest BCUT2D eigenvalue weighted by Gasteiger charge is 2.19. The number of hydrogen-bond acceptors (Lipinski definition) is 1. The van der Waals surface area contributed by atoms with E-state index in [2.05, 4.69) is 25.7 Å². The van der Waals surface area contributed by atoms with Gasteiger partial charge in [-0.3, -0.25) is 0 Å². The molecule has 0 radical (unpaired) electrons. The third-order valence-electron chi connectivity index (χ3n) is 2.66. The average molecular weight is 167 g/mol. The van der Waals surface area contributed by atoms with Gasteiger partial charge in [-0.25, -0.2) is 0 Å². The first-order valence-electron chi connectivity index (χ1n) is 5.06. The lowest BCUT2D eigenvalue weighted by atomic mass is 9.81. The molecule has 0 spiro atoms. The van der Waals surface area contributed by atoms with E-state index in [9.17, 15) is 0 Å². The fraction of sp³-hybridized carbons (Fsp3) is 0.818. The van der Waals surface area contributed by atoms with Crippen LogP contribution >= 0.6 is 0 Å². The van der Waals surface area contributed by atoms with Gasteiger partial charge in [0.2, 0.25) is 0 Å². The Hall–Kier alpha value is -0.300. The van der Waals surface area contributed by atoms with Gasteiger partial charge in [0, 0.05) is 12.6 Å². The lowest BCUT2D eigenvalue weighted by Gasteiger charge is -2.28. The molecule has 0 aliphatic heterocycles. The molecule has 0 bridgehead atoms. The van der Waals surface area contributed by atoms with Crippen LogP contribution in [0.25, 0.3) is 0 Å². The third kappa shape index (κ3) is 3.40. The zero-order chi connectivity index (χ0) is 8.97. The maximum atomic E-state index is 3.88. The Morgan fingerprint density at radius 1 is 1.58 bits per heavy atom. The molecule has 0 aromatic rings. The van der Waals surface area contributed by atoms with Crippen LogP contribution in [0.5, 0.6) is 0 Å². The van der Waals surface area contributed by atoms with Crippen LogP contribution in [-0.4, -0.2) is 12.6 Å². The standard InChI is InChI=1S/C11H21N/c1-9(2)8-12-10(3)7-11-5-4-6-11/h10-12H,1,4-8H2,2-3H3. The molecule has 70 valence electrons. The molecular weight excluding hydrogens is 146 g/mol. The predicted molar refractivity (Wildman–Crippen MR) is 54.2 cm³/mol. The Balaban J connectivity index is 2.02. The summed E-state index contributed by atoms with van der Waals surface area (Å²) in [5.74, 6) is 1.01. The lowest BCUT2D eigenvalue weighted by molar-refractivity contribution is 0.268. The van der Waals surface area contributed by atoms with Crippen LogP contribution < -0.4 is 5.32 Å². The van der Waals surface area contributed by atoms with Gasteiger partial charge in [0.1, 0.15) is 0 Å². The molecule has 0 saturated heterocycles.